The maximum absolute atomic E-state index is 13.1. The van der Waals surface area contributed by atoms with Gasteiger partial charge in [0, 0.05) is 12.0 Å². The maximum Gasteiger partial charge on any atom is 0.123 e. The number of rotatable bonds is 4. The second-order valence-corrected chi connectivity index (χ2v) is 6.12. The van der Waals surface area contributed by atoms with Crippen molar-refractivity contribution in [3.05, 3.63) is 71.0 Å². The van der Waals surface area contributed by atoms with Gasteiger partial charge < -0.3 is 5.32 Å². The van der Waals surface area contributed by atoms with Crippen LogP contribution in [0.1, 0.15) is 29.5 Å². The summed E-state index contributed by atoms with van der Waals surface area (Å²) < 4.78 is 13.1. The topological polar surface area (TPSA) is 12.0 Å². The van der Waals surface area contributed by atoms with E-state index in [9.17, 15) is 4.39 Å². The third-order valence-corrected chi connectivity index (χ3v) is 4.66. The third kappa shape index (κ3) is 2.86. The number of nitrogens with one attached hydrogen (secondary N) is 1. The first-order valence-corrected chi connectivity index (χ1v) is 7.71. The molecule has 0 amide bonds. The van der Waals surface area contributed by atoms with Crippen LogP contribution in [0.5, 0.6) is 0 Å². The zero-order valence-corrected chi connectivity index (χ0v) is 12.5. The molecule has 0 saturated heterocycles. The van der Waals surface area contributed by atoms with Gasteiger partial charge in [-0.15, -0.1) is 0 Å². The first-order chi connectivity index (χ1) is 10.2. The van der Waals surface area contributed by atoms with Crippen molar-refractivity contribution in [2.75, 3.05) is 13.6 Å². The molecule has 2 heteroatoms. The number of hydrogen-bond donors (Lipinski definition) is 1. The van der Waals surface area contributed by atoms with Gasteiger partial charge >= 0.3 is 0 Å². The predicted octanol–water partition coefficient (Wildman–Crippen LogP) is 3.86. The van der Waals surface area contributed by atoms with Crippen molar-refractivity contribution < 1.29 is 4.39 Å². The number of halogens is 1. The Balaban J connectivity index is 1.99. The molecule has 1 N–H and O–H groups in total. The molecule has 3 rings (SSSR count). The average Bonchev–Trinajstić information content (AvgIpc) is 2.51. The van der Waals surface area contributed by atoms with E-state index in [1.807, 2.05) is 19.2 Å². The Morgan fingerprint density at radius 2 is 1.86 bits per heavy atom. The molecule has 1 unspecified atom stereocenters. The molecule has 2 aromatic carbocycles. The van der Waals surface area contributed by atoms with Gasteiger partial charge in [-0.1, -0.05) is 36.4 Å². The number of fused-ring (bicyclic) bond motifs is 1. The zero-order chi connectivity index (χ0) is 14.7. The van der Waals surface area contributed by atoms with Gasteiger partial charge in [-0.05, 0) is 61.6 Å². The third-order valence-electron chi connectivity index (χ3n) is 4.66. The summed E-state index contributed by atoms with van der Waals surface area (Å²) in [6, 6.07) is 15.8. The van der Waals surface area contributed by atoms with Crippen LogP contribution < -0.4 is 5.32 Å². The van der Waals surface area contributed by atoms with Crippen molar-refractivity contribution in [3.63, 3.8) is 0 Å². The number of benzene rings is 2. The van der Waals surface area contributed by atoms with Crippen molar-refractivity contribution in [1.29, 1.82) is 0 Å². The van der Waals surface area contributed by atoms with Crippen molar-refractivity contribution in [2.24, 2.45) is 0 Å². The van der Waals surface area contributed by atoms with Crippen molar-refractivity contribution in [2.45, 2.75) is 31.1 Å². The van der Waals surface area contributed by atoms with E-state index in [-0.39, 0.29) is 11.2 Å². The predicted molar refractivity (Wildman–Crippen MR) is 85.1 cm³/mol. The van der Waals surface area contributed by atoms with Gasteiger partial charge in [-0.25, -0.2) is 4.39 Å². The highest BCUT2D eigenvalue weighted by atomic mass is 19.1. The van der Waals surface area contributed by atoms with Crippen LogP contribution >= 0.6 is 0 Å². The Kier molecular flexibility index (Phi) is 4.07. The van der Waals surface area contributed by atoms with Gasteiger partial charge in [0.15, 0.2) is 0 Å². The molecule has 110 valence electrons. The van der Waals surface area contributed by atoms with Crippen LogP contribution in [0.3, 0.4) is 0 Å². The summed E-state index contributed by atoms with van der Waals surface area (Å²) in [6.45, 7) is 0.960. The molecule has 0 spiro atoms. The summed E-state index contributed by atoms with van der Waals surface area (Å²) in [6.07, 6.45) is 4.54. The van der Waals surface area contributed by atoms with E-state index < -0.39 is 0 Å². The second kappa shape index (κ2) is 5.98. The first-order valence-electron chi connectivity index (χ1n) is 7.71. The van der Waals surface area contributed by atoms with Gasteiger partial charge in [-0.3, -0.25) is 0 Å². The van der Waals surface area contributed by atoms with E-state index in [1.165, 1.54) is 36.0 Å². The molecule has 1 aliphatic carbocycles. The summed E-state index contributed by atoms with van der Waals surface area (Å²) in [4.78, 5) is 0. The summed E-state index contributed by atoms with van der Waals surface area (Å²) >= 11 is 0. The lowest BCUT2D eigenvalue weighted by atomic mass is 9.66. The second-order valence-electron chi connectivity index (χ2n) is 6.12. The quantitative estimate of drug-likeness (QED) is 0.898. The van der Waals surface area contributed by atoms with Crippen LogP contribution in [0.25, 0.3) is 0 Å². The van der Waals surface area contributed by atoms with Crippen LogP contribution in [0.15, 0.2) is 48.5 Å². The molecule has 0 aliphatic heterocycles. The van der Waals surface area contributed by atoms with Gasteiger partial charge in [0.25, 0.3) is 0 Å². The largest absolute Gasteiger partial charge is 0.319 e. The van der Waals surface area contributed by atoms with Gasteiger partial charge in [0.1, 0.15) is 5.82 Å². The van der Waals surface area contributed by atoms with Crippen molar-refractivity contribution in [1.82, 2.24) is 5.32 Å². The van der Waals surface area contributed by atoms with Crippen LogP contribution in [0.2, 0.25) is 0 Å². The van der Waals surface area contributed by atoms with E-state index in [2.05, 4.69) is 29.6 Å². The molecule has 1 nitrogen and oxygen atoms in total. The van der Waals surface area contributed by atoms with Gasteiger partial charge in [-0.2, -0.15) is 0 Å². The Morgan fingerprint density at radius 3 is 2.62 bits per heavy atom. The van der Waals surface area contributed by atoms with E-state index in [1.54, 1.807) is 12.1 Å². The van der Waals surface area contributed by atoms with E-state index in [0.717, 1.165) is 13.0 Å². The molecule has 0 saturated carbocycles. The first kappa shape index (κ1) is 14.3. The highest BCUT2D eigenvalue weighted by Gasteiger charge is 2.35. The molecule has 0 heterocycles. The fourth-order valence-electron chi connectivity index (χ4n) is 3.77. The molecular weight excluding hydrogens is 261 g/mol. The fraction of sp³-hybridized carbons (Fsp3) is 0.368. The van der Waals surface area contributed by atoms with E-state index in [0.29, 0.717) is 0 Å². The summed E-state index contributed by atoms with van der Waals surface area (Å²) in [5.74, 6) is -0.162. The van der Waals surface area contributed by atoms with Crippen molar-refractivity contribution in [3.8, 4) is 0 Å². The normalized spacial score (nSPS) is 21.0. The Labute approximate surface area is 126 Å². The minimum Gasteiger partial charge on any atom is -0.319 e. The lowest BCUT2D eigenvalue weighted by Gasteiger charge is -2.39. The maximum atomic E-state index is 13.1. The van der Waals surface area contributed by atoms with E-state index in [4.69, 9.17) is 0 Å². The molecule has 0 aromatic heterocycles. The molecule has 2 aromatic rings. The lowest BCUT2D eigenvalue weighted by molar-refractivity contribution is 0.345. The monoisotopic (exact) mass is 283 g/mol. The van der Waals surface area contributed by atoms with Crippen LogP contribution in [-0.2, 0) is 18.3 Å². The standard InChI is InChI=1S/C19H22FN/c1-21-14-19(13-15-8-10-17(20)11-9-15)12-4-6-16-5-2-3-7-18(16)19/h2-3,5,7-11,21H,4,6,12-14H2,1H3. The molecule has 0 bridgehead atoms. The SMILES string of the molecule is CNCC1(Cc2ccc(F)cc2)CCCc2ccccc21. The van der Waals surface area contributed by atoms with Crippen molar-refractivity contribution >= 4 is 0 Å². The number of likely N-dealkylation sites (N-methyl/N-ethyl adjacent to an activating group) is 1. The molecule has 0 radical (unpaired) electrons. The van der Waals surface area contributed by atoms with Gasteiger partial charge in [0.2, 0.25) is 0 Å². The summed E-state index contributed by atoms with van der Waals surface area (Å²) in [5.41, 5.74) is 4.28. The highest BCUT2D eigenvalue weighted by molar-refractivity contribution is 5.39. The zero-order valence-electron chi connectivity index (χ0n) is 12.5. The minimum absolute atomic E-state index is 0.126. The molecular formula is C19H22FN. The fourth-order valence-corrected chi connectivity index (χ4v) is 3.77. The minimum atomic E-state index is -0.162. The van der Waals surface area contributed by atoms with Crippen LogP contribution in [0.4, 0.5) is 4.39 Å². The molecule has 21 heavy (non-hydrogen) atoms. The van der Waals surface area contributed by atoms with Gasteiger partial charge in [0.05, 0.1) is 0 Å². The van der Waals surface area contributed by atoms with E-state index >= 15 is 0 Å². The number of aryl methyl sites for hydroxylation is 1. The van der Waals surface area contributed by atoms with Crippen LogP contribution in [-0.4, -0.2) is 13.6 Å². The summed E-state index contributed by atoms with van der Waals surface area (Å²) in [5, 5.41) is 3.38. The summed E-state index contributed by atoms with van der Waals surface area (Å²) in [7, 11) is 2.02. The Bertz CT molecular complexity index is 605. The highest BCUT2D eigenvalue weighted by Crippen LogP contribution is 2.39. The molecule has 1 aliphatic rings. The number of hydrogen-bond acceptors (Lipinski definition) is 1. The Morgan fingerprint density at radius 1 is 1.10 bits per heavy atom. The van der Waals surface area contributed by atoms with Crippen LogP contribution in [0, 0.1) is 5.82 Å². The Hall–Kier alpha value is -1.67. The average molecular weight is 283 g/mol. The molecule has 0 fully saturated rings. The lowest BCUT2D eigenvalue weighted by Crippen LogP contribution is -2.41. The molecule has 1 atom stereocenters. The smallest absolute Gasteiger partial charge is 0.123 e.